The summed E-state index contributed by atoms with van der Waals surface area (Å²) in [6.07, 6.45) is 2.58. The molecule has 5 nitrogen and oxygen atoms in total. The van der Waals surface area contributed by atoms with Gasteiger partial charge in [-0.15, -0.1) is 0 Å². The normalized spacial score (nSPS) is 18.3. The molecule has 0 aliphatic carbocycles. The molecule has 0 radical (unpaired) electrons. The van der Waals surface area contributed by atoms with E-state index in [-0.39, 0.29) is 5.75 Å². The number of ether oxygens (including phenoxy) is 1. The first kappa shape index (κ1) is 16.8. The van der Waals surface area contributed by atoms with Crippen molar-refractivity contribution >= 4 is 17.7 Å². The molecule has 0 amide bonds. The number of aromatic hydroxyl groups is 1. The number of phenolic OH excluding ortho intramolecular Hbond substituents is 1. The van der Waals surface area contributed by atoms with Crippen molar-refractivity contribution in [3.05, 3.63) is 23.8 Å². The Morgan fingerprint density at radius 2 is 2.32 bits per heavy atom. The van der Waals surface area contributed by atoms with E-state index >= 15 is 0 Å². The van der Waals surface area contributed by atoms with Crippen molar-refractivity contribution in [2.75, 3.05) is 26.0 Å². The minimum Gasteiger partial charge on any atom is -0.504 e. The van der Waals surface area contributed by atoms with Crippen LogP contribution in [0.3, 0.4) is 0 Å². The summed E-state index contributed by atoms with van der Waals surface area (Å²) in [6, 6.07) is 5.46. The van der Waals surface area contributed by atoms with Gasteiger partial charge < -0.3 is 20.5 Å². The molecule has 6 heteroatoms. The summed E-state index contributed by atoms with van der Waals surface area (Å²) in [7, 11) is 1.55. The summed E-state index contributed by atoms with van der Waals surface area (Å²) in [4.78, 5) is 4.55. The van der Waals surface area contributed by atoms with Crippen molar-refractivity contribution in [1.82, 2.24) is 10.6 Å². The summed E-state index contributed by atoms with van der Waals surface area (Å²) in [6.45, 7) is 4.20. The smallest absolute Gasteiger partial charge is 0.191 e. The molecule has 22 heavy (non-hydrogen) atoms. The van der Waals surface area contributed by atoms with Gasteiger partial charge in [-0.3, -0.25) is 0 Å². The lowest BCUT2D eigenvalue weighted by Gasteiger charge is -2.14. The molecule has 1 atom stereocenters. The Bertz CT molecular complexity index is 502. The van der Waals surface area contributed by atoms with E-state index in [0.717, 1.165) is 24.6 Å². The lowest BCUT2D eigenvalue weighted by molar-refractivity contribution is 0.370. The molecule has 1 unspecified atom stereocenters. The van der Waals surface area contributed by atoms with Crippen molar-refractivity contribution < 1.29 is 9.84 Å². The van der Waals surface area contributed by atoms with E-state index in [2.05, 4.69) is 15.6 Å². The number of para-hydroxylation sites is 1. The van der Waals surface area contributed by atoms with E-state index in [0.29, 0.717) is 17.5 Å². The fourth-order valence-electron chi connectivity index (χ4n) is 2.38. The molecule has 1 fully saturated rings. The van der Waals surface area contributed by atoms with Gasteiger partial charge >= 0.3 is 0 Å². The van der Waals surface area contributed by atoms with Gasteiger partial charge in [0, 0.05) is 23.9 Å². The third-order valence-corrected chi connectivity index (χ3v) is 4.97. The second kappa shape index (κ2) is 8.78. The van der Waals surface area contributed by atoms with Crippen LogP contribution in [0.5, 0.6) is 11.5 Å². The zero-order valence-corrected chi connectivity index (χ0v) is 14.1. The Morgan fingerprint density at radius 3 is 3.00 bits per heavy atom. The van der Waals surface area contributed by atoms with Gasteiger partial charge in [0.25, 0.3) is 0 Å². The van der Waals surface area contributed by atoms with E-state index in [9.17, 15) is 5.11 Å². The van der Waals surface area contributed by atoms with Crippen LogP contribution in [0.2, 0.25) is 0 Å². The van der Waals surface area contributed by atoms with Crippen molar-refractivity contribution in [2.24, 2.45) is 4.99 Å². The highest BCUT2D eigenvalue weighted by Gasteiger charge is 2.15. The topological polar surface area (TPSA) is 65.9 Å². The van der Waals surface area contributed by atoms with E-state index in [1.807, 2.05) is 30.8 Å². The van der Waals surface area contributed by atoms with Gasteiger partial charge in [0.15, 0.2) is 17.5 Å². The second-order valence-corrected chi connectivity index (χ2v) is 6.59. The molecule has 1 saturated heterocycles. The summed E-state index contributed by atoms with van der Waals surface area (Å²) in [5, 5.41) is 17.4. The highest BCUT2D eigenvalue weighted by molar-refractivity contribution is 8.00. The molecule has 1 aromatic rings. The monoisotopic (exact) mass is 323 g/mol. The number of rotatable bonds is 6. The minimum absolute atomic E-state index is 0.163. The number of thioether (sulfide) groups is 1. The van der Waals surface area contributed by atoms with Gasteiger partial charge in [-0.2, -0.15) is 11.8 Å². The van der Waals surface area contributed by atoms with Gasteiger partial charge in [-0.25, -0.2) is 4.99 Å². The summed E-state index contributed by atoms with van der Waals surface area (Å²) in [5.74, 6) is 2.69. The van der Waals surface area contributed by atoms with Crippen LogP contribution in [-0.2, 0) is 6.54 Å². The predicted molar refractivity (Wildman–Crippen MR) is 93.0 cm³/mol. The number of nitrogens with zero attached hydrogens (tertiary/aromatic N) is 1. The first-order chi connectivity index (χ1) is 10.7. The minimum atomic E-state index is 0.163. The highest BCUT2D eigenvalue weighted by atomic mass is 32.2. The molecule has 1 heterocycles. The fourth-order valence-corrected chi connectivity index (χ4v) is 3.58. The Hall–Kier alpha value is -1.56. The number of hydrogen-bond donors (Lipinski definition) is 3. The molecule has 122 valence electrons. The number of nitrogens with one attached hydrogen (secondary N) is 2. The van der Waals surface area contributed by atoms with Crippen LogP contribution in [0.1, 0.15) is 25.3 Å². The number of methoxy groups -OCH3 is 1. The highest BCUT2D eigenvalue weighted by Crippen LogP contribution is 2.29. The van der Waals surface area contributed by atoms with Gasteiger partial charge in [0.2, 0.25) is 0 Å². The van der Waals surface area contributed by atoms with Crippen molar-refractivity contribution in [3.8, 4) is 11.5 Å². The number of guanidine groups is 1. The number of hydrogen-bond acceptors (Lipinski definition) is 4. The van der Waals surface area contributed by atoms with Gasteiger partial charge in [0.1, 0.15) is 0 Å². The lowest BCUT2D eigenvalue weighted by atomic mass is 10.2. The molecular weight excluding hydrogens is 298 g/mol. The van der Waals surface area contributed by atoms with Crippen LogP contribution in [0.15, 0.2) is 23.2 Å². The summed E-state index contributed by atoms with van der Waals surface area (Å²) >= 11 is 2.02. The van der Waals surface area contributed by atoms with Gasteiger partial charge in [-0.05, 0) is 31.6 Å². The largest absolute Gasteiger partial charge is 0.504 e. The molecular formula is C16H25N3O2S. The zero-order valence-electron chi connectivity index (χ0n) is 13.3. The van der Waals surface area contributed by atoms with Crippen LogP contribution >= 0.6 is 11.8 Å². The van der Waals surface area contributed by atoms with Crippen LogP contribution < -0.4 is 15.4 Å². The maximum atomic E-state index is 10.1. The molecule has 1 aliphatic rings. The number of phenols is 1. The van der Waals surface area contributed by atoms with E-state index < -0.39 is 0 Å². The molecule has 0 bridgehead atoms. The van der Waals surface area contributed by atoms with E-state index in [1.54, 1.807) is 13.2 Å². The van der Waals surface area contributed by atoms with Crippen LogP contribution in [0.25, 0.3) is 0 Å². The molecule has 2 rings (SSSR count). The summed E-state index contributed by atoms with van der Waals surface area (Å²) < 4.78 is 5.12. The maximum Gasteiger partial charge on any atom is 0.191 e. The molecule has 3 N–H and O–H groups in total. The molecule has 1 aliphatic heterocycles. The average Bonchev–Trinajstić information content (AvgIpc) is 3.04. The first-order valence-corrected chi connectivity index (χ1v) is 8.78. The van der Waals surface area contributed by atoms with Crippen molar-refractivity contribution in [2.45, 2.75) is 31.6 Å². The summed E-state index contributed by atoms with van der Waals surface area (Å²) in [5.41, 5.74) is 0.756. The van der Waals surface area contributed by atoms with Crippen LogP contribution in [0.4, 0.5) is 0 Å². The zero-order chi connectivity index (χ0) is 15.8. The molecule has 1 aromatic carbocycles. The lowest BCUT2D eigenvalue weighted by Crippen LogP contribution is -2.40. The average molecular weight is 323 g/mol. The van der Waals surface area contributed by atoms with Crippen LogP contribution in [0, 0.1) is 0 Å². The standard InChI is InChI=1S/C16H25N3O2S/c1-3-17-16(19-11-13-7-5-9-22-13)18-10-12-6-4-8-14(21-2)15(12)20/h4,6,8,13,20H,3,5,7,9-11H2,1-2H3,(H2,17,18,19). The Balaban J connectivity index is 1.96. The predicted octanol–water partition coefficient (Wildman–Crippen LogP) is 2.35. The van der Waals surface area contributed by atoms with Gasteiger partial charge in [-0.1, -0.05) is 12.1 Å². The Morgan fingerprint density at radius 1 is 1.45 bits per heavy atom. The SMILES string of the molecule is CCNC(=NCc1cccc(OC)c1O)NCC1CCCS1. The third-order valence-electron chi connectivity index (χ3n) is 3.58. The van der Waals surface area contributed by atoms with Crippen molar-refractivity contribution in [1.29, 1.82) is 0 Å². The quantitative estimate of drug-likeness (QED) is 0.554. The number of aliphatic imine (C=N–C) groups is 1. The fraction of sp³-hybridized carbons (Fsp3) is 0.562. The molecule has 0 spiro atoms. The maximum absolute atomic E-state index is 10.1. The second-order valence-electron chi connectivity index (χ2n) is 5.18. The molecule has 0 aromatic heterocycles. The third kappa shape index (κ3) is 4.73. The molecule has 0 saturated carbocycles. The van der Waals surface area contributed by atoms with Crippen molar-refractivity contribution in [3.63, 3.8) is 0 Å². The Labute approximate surface area is 136 Å². The van der Waals surface area contributed by atoms with Crippen LogP contribution in [-0.4, -0.2) is 42.3 Å². The Kier molecular flexibility index (Phi) is 6.71. The first-order valence-electron chi connectivity index (χ1n) is 7.73. The number of benzene rings is 1. The van der Waals surface area contributed by atoms with E-state index in [4.69, 9.17) is 4.74 Å². The van der Waals surface area contributed by atoms with E-state index in [1.165, 1.54) is 18.6 Å². The van der Waals surface area contributed by atoms with Gasteiger partial charge in [0.05, 0.1) is 13.7 Å².